The van der Waals surface area contributed by atoms with Crippen molar-refractivity contribution in [3.63, 3.8) is 0 Å². The Bertz CT molecular complexity index is 722. The maximum absolute atomic E-state index is 12.6. The van der Waals surface area contributed by atoms with E-state index in [9.17, 15) is 18.3 Å². The Morgan fingerprint density at radius 2 is 1.92 bits per heavy atom. The molecule has 0 radical (unpaired) electrons. The summed E-state index contributed by atoms with van der Waals surface area (Å²) in [4.78, 5) is 16.0. The summed E-state index contributed by atoms with van der Waals surface area (Å²) in [5, 5.41) is 9.38. The molecule has 1 atom stereocenters. The van der Waals surface area contributed by atoms with Gasteiger partial charge in [0.15, 0.2) is 6.04 Å². The van der Waals surface area contributed by atoms with Crippen LogP contribution in [0.2, 0.25) is 0 Å². The Balaban J connectivity index is 2.32. The quantitative estimate of drug-likeness (QED) is 0.448. The number of carbonyl (C=O) groups excluding carboxylic acids is 1. The van der Waals surface area contributed by atoms with E-state index in [4.69, 9.17) is 0 Å². The number of methoxy groups -OCH3 is 1. The standard InChI is InChI=1S/C17H24N2O5S/c1-12-7-9-14(10-8-12)25(22,23)19-16(13-5-3-4-6-13)18-15(11-20)17(21)24-2/h7-10,13,15,20H,3-6,11H2,1-2H3,(H,18,19)/t15-/m0/s1. The van der Waals surface area contributed by atoms with Gasteiger partial charge in [-0.1, -0.05) is 30.5 Å². The third-order valence-electron chi connectivity index (χ3n) is 4.25. The summed E-state index contributed by atoms with van der Waals surface area (Å²) >= 11 is 0. The zero-order chi connectivity index (χ0) is 18.4. The van der Waals surface area contributed by atoms with Crippen LogP contribution < -0.4 is 4.72 Å². The van der Waals surface area contributed by atoms with E-state index < -0.39 is 28.6 Å². The lowest BCUT2D eigenvalue weighted by Gasteiger charge is -2.18. The molecule has 138 valence electrons. The van der Waals surface area contributed by atoms with Crippen LogP contribution in [-0.4, -0.2) is 45.1 Å². The Morgan fingerprint density at radius 1 is 1.32 bits per heavy atom. The number of ether oxygens (including phenoxy) is 1. The first-order chi connectivity index (χ1) is 11.9. The number of aliphatic hydroxyl groups is 1. The summed E-state index contributed by atoms with van der Waals surface area (Å²) in [7, 11) is -2.61. The number of sulfonamides is 1. The van der Waals surface area contributed by atoms with Crippen molar-refractivity contribution in [3.8, 4) is 0 Å². The van der Waals surface area contributed by atoms with Crippen molar-refractivity contribution in [3.05, 3.63) is 29.8 Å². The number of aliphatic imine (C=N–C) groups is 1. The summed E-state index contributed by atoms with van der Waals surface area (Å²) in [6.45, 7) is 1.33. The zero-order valence-electron chi connectivity index (χ0n) is 14.4. The van der Waals surface area contributed by atoms with Crippen LogP contribution in [0, 0.1) is 12.8 Å². The lowest BCUT2D eigenvalue weighted by molar-refractivity contribution is -0.142. The largest absolute Gasteiger partial charge is 0.467 e. The molecule has 0 aromatic heterocycles. The number of hydrogen-bond acceptors (Lipinski definition) is 6. The van der Waals surface area contributed by atoms with E-state index in [1.165, 1.54) is 19.2 Å². The van der Waals surface area contributed by atoms with Crippen LogP contribution in [0.4, 0.5) is 0 Å². The van der Waals surface area contributed by atoms with E-state index in [-0.39, 0.29) is 16.6 Å². The second-order valence-corrected chi connectivity index (χ2v) is 7.82. The van der Waals surface area contributed by atoms with Crippen LogP contribution in [0.15, 0.2) is 34.2 Å². The Labute approximate surface area is 148 Å². The van der Waals surface area contributed by atoms with E-state index in [1.807, 2.05) is 6.92 Å². The van der Waals surface area contributed by atoms with Gasteiger partial charge >= 0.3 is 5.97 Å². The van der Waals surface area contributed by atoms with Gasteiger partial charge in [-0.15, -0.1) is 0 Å². The van der Waals surface area contributed by atoms with E-state index in [0.717, 1.165) is 31.2 Å². The van der Waals surface area contributed by atoms with Crippen LogP contribution in [0.1, 0.15) is 31.2 Å². The number of aryl methyl sites for hydroxylation is 1. The second-order valence-electron chi connectivity index (χ2n) is 6.14. The van der Waals surface area contributed by atoms with E-state index in [0.29, 0.717) is 0 Å². The number of benzene rings is 1. The van der Waals surface area contributed by atoms with Gasteiger partial charge in [0, 0.05) is 5.92 Å². The van der Waals surface area contributed by atoms with Crippen molar-refractivity contribution in [2.45, 2.75) is 43.5 Å². The molecular formula is C17H24N2O5S. The molecule has 1 aliphatic rings. The molecule has 2 rings (SSSR count). The third-order valence-corrected chi connectivity index (χ3v) is 5.62. The van der Waals surface area contributed by atoms with Gasteiger partial charge in [-0.3, -0.25) is 9.71 Å². The van der Waals surface area contributed by atoms with Crippen molar-refractivity contribution in [1.82, 2.24) is 4.72 Å². The fourth-order valence-electron chi connectivity index (χ4n) is 2.80. The van der Waals surface area contributed by atoms with Crippen molar-refractivity contribution < 1.29 is 23.1 Å². The van der Waals surface area contributed by atoms with E-state index >= 15 is 0 Å². The van der Waals surface area contributed by atoms with Gasteiger partial charge in [-0.2, -0.15) is 0 Å². The maximum atomic E-state index is 12.6. The lowest BCUT2D eigenvalue weighted by Crippen LogP contribution is -2.38. The number of nitrogens with zero attached hydrogens (tertiary/aromatic N) is 1. The third kappa shape index (κ3) is 5.02. The van der Waals surface area contributed by atoms with Crippen LogP contribution in [-0.2, 0) is 19.6 Å². The predicted molar refractivity (Wildman–Crippen MR) is 93.8 cm³/mol. The van der Waals surface area contributed by atoms with Crippen LogP contribution >= 0.6 is 0 Å². The first-order valence-electron chi connectivity index (χ1n) is 8.23. The average molecular weight is 368 g/mol. The van der Waals surface area contributed by atoms with Gasteiger partial charge in [-0.25, -0.2) is 13.2 Å². The monoisotopic (exact) mass is 368 g/mol. The maximum Gasteiger partial charge on any atom is 0.333 e. The number of amidine groups is 1. The number of carbonyl (C=O) groups is 1. The fraction of sp³-hybridized carbons (Fsp3) is 0.529. The molecule has 8 heteroatoms. The fourth-order valence-corrected chi connectivity index (χ4v) is 3.91. The Morgan fingerprint density at radius 3 is 2.44 bits per heavy atom. The molecule has 1 saturated carbocycles. The van der Waals surface area contributed by atoms with Crippen molar-refractivity contribution in [2.75, 3.05) is 13.7 Å². The molecule has 0 heterocycles. The molecular weight excluding hydrogens is 344 g/mol. The highest BCUT2D eigenvalue weighted by atomic mass is 32.2. The van der Waals surface area contributed by atoms with E-state index in [2.05, 4.69) is 14.5 Å². The summed E-state index contributed by atoms with van der Waals surface area (Å²) in [5.74, 6) is -0.575. The number of aliphatic hydroxyl groups excluding tert-OH is 1. The van der Waals surface area contributed by atoms with Crippen LogP contribution in [0.3, 0.4) is 0 Å². The molecule has 1 aliphatic carbocycles. The topological polar surface area (TPSA) is 105 Å². The highest BCUT2D eigenvalue weighted by molar-refractivity contribution is 7.90. The van der Waals surface area contributed by atoms with Gasteiger partial charge in [0.2, 0.25) is 0 Å². The highest BCUT2D eigenvalue weighted by Crippen LogP contribution is 2.26. The molecule has 0 spiro atoms. The van der Waals surface area contributed by atoms with Gasteiger partial charge in [0.05, 0.1) is 18.6 Å². The number of rotatable bonds is 6. The van der Waals surface area contributed by atoms with Gasteiger partial charge in [0.25, 0.3) is 10.0 Å². The molecule has 0 aliphatic heterocycles. The predicted octanol–water partition coefficient (Wildman–Crippen LogP) is 1.40. The van der Waals surface area contributed by atoms with Gasteiger partial charge in [-0.05, 0) is 31.9 Å². The smallest absolute Gasteiger partial charge is 0.333 e. The molecule has 0 amide bonds. The minimum absolute atomic E-state index is 0.0843. The van der Waals surface area contributed by atoms with Crippen molar-refractivity contribution in [1.29, 1.82) is 0 Å². The van der Waals surface area contributed by atoms with E-state index in [1.54, 1.807) is 12.1 Å². The normalized spacial score (nSPS) is 17.3. The number of esters is 1. The summed E-state index contributed by atoms with van der Waals surface area (Å²) < 4.78 is 32.4. The minimum Gasteiger partial charge on any atom is -0.467 e. The SMILES string of the molecule is COC(=O)[C@H](CO)N=C(NS(=O)(=O)c1ccc(C)cc1)C1CCCC1. The van der Waals surface area contributed by atoms with Gasteiger partial charge in [0.1, 0.15) is 5.84 Å². The zero-order valence-corrected chi connectivity index (χ0v) is 15.3. The highest BCUT2D eigenvalue weighted by Gasteiger charge is 2.28. The molecule has 1 aromatic rings. The minimum atomic E-state index is -3.81. The van der Waals surface area contributed by atoms with Crippen LogP contribution in [0.5, 0.6) is 0 Å². The number of nitrogens with one attached hydrogen (secondary N) is 1. The molecule has 1 aromatic carbocycles. The van der Waals surface area contributed by atoms with Gasteiger partial charge < -0.3 is 9.84 Å². The molecule has 7 nitrogen and oxygen atoms in total. The molecule has 0 bridgehead atoms. The molecule has 0 unspecified atom stereocenters. The number of hydrogen-bond donors (Lipinski definition) is 2. The summed E-state index contributed by atoms with van der Waals surface area (Å²) in [5.41, 5.74) is 0.953. The molecule has 0 saturated heterocycles. The molecule has 2 N–H and O–H groups in total. The second kappa shape index (κ2) is 8.44. The van der Waals surface area contributed by atoms with Crippen LogP contribution in [0.25, 0.3) is 0 Å². The first kappa shape index (κ1) is 19.4. The Hall–Kier alpha value is -1.93. The Kier molecular flexibility index (Phi) is 6.55. The molecule has 25 heavy (non-hydrogen) atoms. The summed E-state index contributed by atoms with van der Waals surface area (Å²) in [6.07, 6.45) is 3.51. The first-order valence-corrected chi connectivity index (χ1v) is 9.71. The molecule has 1 fully saturated rings. The van der Waals surface area contributed by atoms with Crippen molar-refractivity contribution >= 4 is 21.8 Å². The van der Waals surface area contributed by atoms with Crippen molar-refractivity contribution in [2.24, 2.45) is 10.9 Å². The average Bonchev–Trinajstić information content (AvgIpc) is 3.12. The summed E-state index contributed by atoms with van der Waals surface area (Å²) in [6, 6.07) is 5.33. The lowest BCUT2D eigenvalue weighted by atomic mass is 10.1.